The number of thioether (sulfide) groups is 1. The lowest BCUT2D eigenvalue weighted by Gasteiger charge is -2.05. The number of hydrogen-bond acceptors (Lipinski definition) is 5. The van der Waals surface area contributed by atoms with E-state index in [4.69, 9.17) is 4.74 Å². The number of nitrogens with one attached hydrogen (secondary N) is 1. The molecule has 27 heavy (non-hydrogen) atoms. The molecule has 140 valence electrons. The Morgan fingerprint density at radius 3 is 2.81 bits per heavy atom. The first-order valence-corrected chi connectivity index (χ1v) is 10.4. The Hall–Kier alpha value is -2.38. The summed E-state index contributed by atoms with van der Waals surface area (Å²) in [5.74, 6) is 1.77. The zero-order valence-electron chi connectivity index (χ0n) is 14.8. The van der Waals surface area contributed by atoms with Crippen LogP contribution >= 0.6 is 23.1 Å². The van der Waals surface area contributed by atoms with E-state index in [1.807, 2.05) is 29.6 Å². The third kappa shape index (κ3) is 5.80. The van der Waals surface area contributed by atoms with Crippen LogP contribution in [-0.4, -0.2) is 23.8 Å². The molecule has 0 spiro atoms. The third-order valence-electron chi connectivity index (χ3n) is 3.72. The molecular weight excluding hydrogens is 383 g/mol. The number of nitrogens with zero attached hydrogens (tertiary/aromatic N) is 1. The van der Waals surface area contributed by atoms with Crippen molar-refractivity contribution in [1.29, 1.82) is 0 Å². The number of anilines is 1. The molecule has 0 atom stereocenters. The Balaban J connectivity index is 1.43. The minimum Gasteiger partial charge on any atom is -0.497 e. The summed E-state index contributed by atoms with van der Waals surface area (Å²) in [6.45, 7) is 0. The Morgan fingerprint density at radius 1 is 1.26 bits per heavy atom. The van der Waals surface area contributed by atoms with Crippen molar-refractivity contribution in [2.24, 2.45) is 0 Å². The third-order valence-corrected chi connectivity index (χ3v) is 5.65. The molecule has 0 saturated heterocycles. The number of hydrogen-bond donors (Lipinski definition) is 1. The Morgan fingerprint density at radius 2 is 2.07 bits per heavy atom. The molecule has 0 unspecified atom stereocenters. The molecule has 3 aromatic rings. The molecule has 1 aromatic heterocycles. The number of methoxy groups -OCH3 is 1. The van der Waals surface area contributed by atoms with E-state index >= 15 is 0 Å². The van der Waals surface area contributed by atoms with Gasteiger partial charge in [-0.05, 0) is 42.5 Å². The number of amides is 1. The molecule has 2 aromatic carbocycles. The van der Waals surface area contributed by atoms with E-state index in [-0.39, 0.29) is 11.7 Å². The fourth-order valence-corrected chi connectivity index (χ4v) is 4.13. The Bertz CT molecular complexity index is 897. The van der Waals surface area contributed by atoms with Crippen molar-refractivity contribution in [1.82, 2.24) is 4.98 Å². The number of ether oxygens (including phenoxy) is 1. The fourth-order valence-electron chi connectivity index (χ4n) is 2.37. The van der Waals surface area contributed by atoms with Crippen LogP contribution < -0.4 is 10.1 Å². The van der Waals surface area contributed by atoms with Gasteiger partial charge in [0.2, 0.25) is 5.91 Å². The maximum Gasteiger partial charge on any atom is 0.225 e. The second kappa shape index (κ2) is 9.53. The monoisotopic (exact) mass is 402 g/mol. The topological polar surface area (TPSA) is 51.2 Å². The molecule has 0 radical (unpaired) electrons. The highest BCUT2D eigenvalue weighted by molar-refractivity contribution is 7.98. The number of benzene rings is 2. The van der Waals surface area contributed by atoms with E-state index in [2.05, 4.69) is 10.3 Å². The fraction of sp³-hybridized carbons (Fsp3) is 0.200. The highest BCUT2D eigenvalue weighted by Crippen LogP contribution is 2.27. The number of thiazole rings is 1. The standard InChI is InChI=1S/C20H19FN2O2S2/c1-25-18-7-5-14(6-8-18)20-23-17(13-27-20)12-26-10-9-19(24)22-16-4-2-3-15(21)11-16/h2-8,11,13H,9-10,12H2,1H3,(H,22,24). The average molecular weight is 403 g/mol. The normalized spacial score (nSPS) is 10.6. The van der Waals surface area contributed by atoms with E-state index in [0.717, 1.165) is 27.8 Å². The van der Waals surface area contributed by atoms with Crippen LogP contribution in [-0.2, 0) is 10.5 Å². The van der Waals surface area contributed by atoms with Crippen LogP contribution in [0.2, 0.25) is 0 Å². The largest absolute Gasteiger partial charge is 0.497 e. The van der Waals surface area contributed by atoms with E-state index in [0.29, 0.717) is 17.9 Å². The lowest BCUT2D eigenvalue weighted by molar-refractivity contribution is -0.115. The molecule has 0 saturated carbocycles. The zero-order chi connectivity index (χ0) is 19.1. The summed E-state index contributed by atoms with van der Waals surface area (Å²) in [7, 11) is 1.64. The first kappa shape index (κ1) is 19.4. The maximum absolute atomic E-state index is 13.1. The van der Waals surface area contributed by atoms with Gasteiger partial charge in [-0.25, -0.2) is 9.37 Å². The average Bonchev–Trinajstić information content (AvgIpc) is 3.14. The number of rotatable bonds is 8. The molecule has 0 aliphatic heterocycles. The Kier molecular flexibility index (Phi) is 6.84. The van der Waals surface area contributed by atoms with E-state index in [9.17, 15) is 9.18 Å². The molecule has 1 amide bonds. The quantitative estimate of drug-likeness (QED) is 0.525. The van der Waals surface area contributed by atoms with Gasteiger partial charge in [-0.3, -0.25) is 4.79 Å². The number of carbonyl (C=O) groups excluding carboxylic acids is 1. The summed E-state index contributed by atoms with van der Waals surface area (Å²) in [4.78, 5) is 16.6. The number of aromatic nitrogens is 1. The van der Waals surface area contributed by atoms with Gasteiger partial charge in [0, 0.05) is 34.6 Å². The molecule has 0 aliphatic rings. The highest BCUT2D eigenvalue weighted by Gasteiger charge is 2.07. The highest BCUT2D eigenvalue weighted by atomic mass is 32.2. The van der Waals surface area contributed by atoms with Crippen molar-refractivity contribution in [3.05, 3.63) is 65.4 Å². The zero-order valence-corrected chi connectivity index (χ0v) is 16.4. The summed E-state index contributed by atoms with van der Waals surface area (Å²) in [5, 5.41) is 5.71. The molecule has 0 aliphatic carbocycles. The molecule has 0 fully saturated rings. The number of carbonyl (C=O) groups is 1. The smallest absolute Gasteiger partial charge is 0.225 e. The lowest BCUT2D eigenvalue weighted by atomic mass is 10.2. The first-order valence-electron chi connectivity index (χ1n) is 8.36. The minimum atomic E-state index is -0.363. The van der Waals surface area contributed by atoms with Crippen LogP contribution in [0, 0.1) is 5.82 Å². The molecule has 1 N–H and O–H groups in total. The van der Waals surface area contributed by atoms with Crippen LogP contribution in [0.15, 0.2) is 53.9 Å². The minimum absolute atomic E-state index is 0.120. The van der Waals surface area contributed by atoms with Gasteiger partial charge in [-0.2, -0.15) is 11.8 Å². The van der Waals surface area contributed by atoms with Crippen LogP contribution in [0.25, 0.3) is 10.6 Å². The summed E-state index contributed by atoms with van der Waals surface area (Å²) >= 11 is 3.26. The van der Waals surface area contributed by atoms with Gasteiger partial charge >= 0.3 is 0 Å². The van der Waals surface area contributed by atoms with Gasteiger partial charge in [0.1, 0.15) is 16.6 Å². The van der Waals surface area contributed by atoms with Crippen LogP contribution in [0.3, 0.4) is 0 Å². The SMILES string of the molecule is COc1ccc(-c2nc(CSCCC(=O)Nc3cccc(F)c3)cs2)cc1. The van der Waals surface area contributed by atoms with Crippen molar-refractivity contribution in [3.63, 3.8) is 0 Å². The lowest BCUT2D eigenvalue weighted by Crippen LogP contribution is -2.12. The molecular formula is C20H19FN2O2S2. The van der Waals surface area contributed by atoms with Crippen molar-refractivity contribution in [3.8, 4) is 16.3 Å². The molecule has 3 rings (SSSR count). The summed E-state index contributed by atoms with van der Waals surface area (Å²) in [6, 6.07) is 13.7. The van der Waals surface area contributed by atoms with Gasteiger partial charge in [0.25, 0.3) is 0 Å². The number of halogens is 1. The van der Waals surface area contributed by atoms with E-state index in [1.165, 1.54) is 12.1 Å². The molecule has 7 heteroatoms. The van der Waals surface area contributed by atoms with Crippen LogP contribution in [0.1, 0.15) is 12.1 Å². The predicted octanol–water partition coefficient (Wildman–Crippen LogP) is 5.22. The first-order chi connectivity index (χ1) is 13.1. The van der Waals surface area contributed by atoms with Gasteiger partial charge in [-0.15, -0.1) is 11.3 Å². The second-order valence-electron chi connectivity index (χ2n) is 5.73. The van der Waals surface area contributed by atoms with Crippen LogP contribution in [0.4, 0.5) is 10.1 Å². The second-order valence-corrected chi connectivity index (χ2v) is 7.70. The molecule has 1 heterocycles. The van der Waals surface area contributed by atoms with Crippen molar-refractivity contribution < 1.29 is 13.9 Å². The van der Waals surface area contributed by atoms with Gasteiger partial charge < -0.3 is 10.1 Å². The van der Waals surface area contributed by atoms with Gasteiger partial charge in [0.15, 0.2) is 0 Å². The summed E-state index contributed by atoms with van der Waals surface area (Å²) in [5.41, 5.74) is 2.54. The van der Waals surface area contributed by atoms with Crippen LogP contribution in [0.5, 0.6) is 5.75 Å². The van der Waals surface area contributed by atoms with E-state index < -0.39 is 0 Å². The van der Waals surface area contributed by atoms with Gasteiger partial charge in [0.05, 0.1) is 12.8 Å². The maximum atomic E-state index is 13.1. The molecule has 4 nitrogen and oxygen atoms in total. The van der Waals surface area contributed by atoms with Crippen molar-refractivity contribution in [2.75, 3.05) is 18.2 Å². The predicted molar refractivity (Wildman–Crippen MR) is 110 cm³/mol. The Labute approximate surface area is 165 Å². The van der Waals surface area contributed by atoms with Crippen molar-refractivity contribution >= 4 is 34.7 Å². The summed E-state index contributed by atoms with van der Waals surface area (Å²) < 4.78 is 18.3. The summed E-state index contributed by atoms with van der Waals surface area (Å²) in [6.07, 6.45) is 0.372. The van der Waals surface area contributed by atoms with E-state index in [1.54, 1.807) is 42.3 Å². The van der Waals surface area contributed by atoms with Gasteiger partial charge in [-0.1, -0.05) is 6.07 Å². The molecule has 0 bridgehead atoms. The van der Waals surface area contributed by atoms with Crippen molar-refractivity contribution in [2.45, 2.75) is 12.2 Å².